The lowest BCUT2D eigenvalue weighted by Crippen LogP contribution is -2.35. The summed E-state index contributed by atoms with van der Waals surface area (Å²) < 4.78 is 0. The van der Waals surface area contributed by atoms with Crippen molar-refractivity contribution in [1.29, 1.82) is 0 Å². The number of hydrogen-bond acceptors (Lipinski definition) is 2. The summed E-state index contributed by atoms with van der Waals surface area (Å²) in [6.07, 6.45) is 0. The van der Waals surface area contributed by atoms with Gasteiger partial charge in [0.2, 0.25) is 0 Å². The molecule has 0 aromatic heterocycles. The Morgan fingerprint density at radius 3 is 2.07 bits per heavy atom. The minimum absolute atomic E-state index is 0.182. The van der Waals surface area contributed by atoms with Crippen LogP contribution < -0.4 is 10.6 Å². The summed E-state index contributed by atoms with van der Waals surface area (Å²) in [5.41, 5.74) is 2.66. The lowest BCUT2D eigenvalue weighted by atomic mass is 10.1. The Kier molecular flexibility index (Phi) is 3.53. The quantitative estimate of drug-likeness (QED) is 0.769. The van der Waals surface area contributed by atoms with Crippen molar-refractivity contribution >= 4 is 5.69 Å². The van der Waals surface area contributed by atoms with Crippen LogP contribution in [0.3, 0.4) is 0 Å². The van der Waals surface area contributed by atoms with E-state index in [2.05, 4.69) is 55.7 Å². The zero-order valence-electron chi connectivity index (χ0n) is 9.52. The summed E-state index contributed by atoms with van der Waals surface area (Å²) in [6.45, 7) is 7.45. The van der Waals surface area contributed by atoms with E-state index in [1.54, 1.807) is 0 Å². The predicted molar refractivity (Wildman–Crippen MR) is 62.6 cm³/mol. The van der Waals surface area contributed by atoms with Crippen LogP contribution in [0, 0.1) is 0 Å². The monoisotopic (exact) mass is 192 g/mol. The summed E-state index contributed by atoms with van der Waals surface area (Å²) in [5, 5.41) is 6.56. The highest BCUT2D eigenvalue weighted by Crippen LogP contribution is 2.09. The normalized spacial score (nSPS) is 11.4. The number of anilines is 1. The molecule has 2 nitrogen and oxygen atoms in total. The van der Waals surface area contributed by atoms with E-state index in [0.717, 1.165) is 12.2 Å². The first-order chi connectivity index (χ1) is 6.51. The molecule has 0 heterocycles. The molecule has 0 fully saturated rings. The summed E-state index contributed by atoms with van der Waals surface area (Å²) in [7, 11) is 1.93. The first kappa shape index (κ1) is 11.1. The minimum Gasteiger partial charge on any atom is -0.388 e. The number of benzene rings is 1. The van der Waals surface area contributed by atoms with Crippen LogP contribution in [0.25, 0.3) is 0 Å². The third-order valence-corrected chi connectivity index (χ3v) is 2.07. The van der Waals surface area contributed by atoms with Gasteiger partial charge in [-0.15, -0.1) is 0 Å². The third kappa shape index (κ3) is 3.79. The Hall–Kier alpha value is -1.02. The maximum atomic E-state index is 3.46. The summed E-state index contributed by atoms with van der Waals surface area (Å²) >= 11 is 0. The average molecular weight is 192 g/mol. The van der Waals surface area contributed by atoms with E-state index in [1.807, 2.05) is 7.05 Å². The lowest BCUT2D eigenvalue weighted by Gasteiger charge is -2.20. The Bertz CT molecular complexity index is 269. The molecule has 0 aliphatic heterocycles. The van der Waals surface area contributed by atoms with Crippen LogP contribution in [-0.4, -0.2) is 12.6 Å². The van der Waals surface area contributed by atoms with Gasteiger partial charge in [0.05, 0.1) is 0 Å². The second-order valence-corrected chi connectivity index (χ2v) is 4.55. The zero-order chi connectivity index (χ0) is 10.6. The highest BCUT2D eigenvalue weighted by molar-refractivity contribution is 5.43. The van der Waals surface area contributed by atoms with Gasteiger partial charge in [0.15, 0.2) is 0 Å². The van der Waals surface area contributed by atoms with Crippen molar-refractivity contribution < 1.29 is 0 Å². The largest absolute Gasteiger partial charge is 0.388 e. The third-order valence-electron chi connectivity index (χ3n) is 2.07. The molecule has 0 aliphatic rings. The molecule has 0 bridgehead atoms. The standard InChI is InChI=1S/C12H20N2/c1-12(2,3)14-9-10-5-7-11(13-4)8-6-10/h5-8,13-14H,9H2,1-4H3. The number of rotatable bonds is 3. The van der Waals surface area contributed by atoms with Gasteiger partial charge in [-0.3, -0.25) is 0 Å². The molecule has 1 aromatic carbocycles. The van der Waals surface area contributed by atoms with Gasteiger partial charge in [0, 0.05) is 24.8 Å². The van der Waals surface area contributed by atoms with Crippen molar-refractivity contribution in [1.82, 2.24) is 5.32 Å². The predicted octanol–water partition coefficient (Wildman–Crippen LogP) is 2.62. The summed E-state index contributed by atoms with van der Waals surface area (Å²) in [6, 6.07) is 8.48. The van der Waals surface area contributed by atoms with Gasteiger partial charge < -0.3 is 10.6 Å². The Balaban J connectivity index is 2.52. The lowest BCUT2D eigenvalue weighted by molar-refractivity contribution is 0.424. The molecule has 0 amide bonds. The van der Waals surface area contributed by atoms with Crippen LogP contribution in [0.5, 0.6) is 0 Å². The zero-order valence-corrected chi connectivity index (χ0v) is 9.52. The van der Waals surface area contributed by atoms with Gasteiger partial charge in [0.1, 0.15) is 0 Å². The molecule has 78 valence electrons. The van der Waals surface area contributed by atoms with Crippen LogP contribution in [-0.2, 0) is 6.54 Å². The van der Waals surface area contributed by atoms with Crippen molar-refractivity contribution in [2.45, 2.75) is 32.9 Å². The van der Waals surface area contributed by atoms with E-state index < -0.39 is 0 Å². The number of nitrogens with one attached hydrogen (secondary N) is 2. The molecular formula is C12H20N2. The van der Waals surface area contributed by atoms with Crippen LogP contribution in [0.4, 0.5) is 5.69 Å². The Morgan fingerprint density at radius 1 is 1.07 bits per heavy atom. The maximum absolute atomic E-state index is 3.46. The molecule has 0 radical (unpaired) electrons. The molecule has 0 aliphatic carbocycles. The number of hydrogen-bond donors (Lipinski definition) is 2. The highest BCUT2D eigenvalue weighted by Gasteiger charge is 2.07. The van der Waals surface area contributed by atoms with Gasteiger partial charge in [-0.25, -0.2) is 0 Å². The Labute approximate surface area is 86.7 Å². The fourth-order valence-electron chi connectivity index (χ4n) is 1.16. The van der Waals surface area contributed by atoms with Gasteiger partial charge >= 0.3 is 0 Å². The average Bonchev–Trinajstić information content (AvgIpc) is 2.14. The molecule has 1 aromatic rings. The maximum Gasteiger partial charge on any atom is 0.0337 e. The molecule has 0 atom stereocenters. The second kappa shape index (κ2) is 4.47. The van der Waals surface area contributed by atoms with Crippen LogP contribution in [0.1, 0.15) is 26.3 Å². The van der Waals surface area contributed by atoms with Gasteiger partial charge in [-0.2, -0.15) is 0 Å². The van der Waals surface area contributed by atoms with Gasteiger partial charge in [-0.05, 0) is 38.5 Å². The first-order valence-electron chi connectivity index (χ1n) is 5.03. The Morgan fingerprint density at radius 2 is 1.64 bits per heavy atom. The topological polar surface area (TPSA) is 24.1 Å². The fraction of sp³-hybridized carbons (Fsp3) is 0.500. The summed E-state index contributed by atoms with van der Waals surface area (Å²) in [5.74, 6) is 0. The van der Waals surface area contributed by atoms with Crippen molar-refractivity contribution in [2.75, 3.05) is 12.4 Å². The second-order valence-electron chi connectivity index (χ2n) is 4.55. The highest BCUT2D eigenvalue weighted by atomic mass is 14.9. The molecule has 0 saturated carbocycles. The smallest absolute Gasteiger partial charge is 0.0337 e. The molecule has 0 spiro atoms. The molecular weight excluding hydrogens is 172 g/mol. The van der Waals surface area contributed by atoms with E-state index in [-0.39, 0.29) is 5.54 Å². The van der Waals surface area contributed by atoms with E-state index in [0.29, 0.717) is 0 Å². The molecule has 0 unspecified atom stereocenters. The first-order valence-corrected chi connectivity index (χ1v) is 5.03. The van der Waals surface area contributed by atoms with Crippen LogP contribution >= 0.6 is 0 Å². The SMILES string of the molecule is CNc1ccc(CNC(C)(C)C)cc1. The molecule has 0 saturated heterocycles. The molecule has 14 heavy (non-hydrogen) atoms. The van der Waals surface area contributed by atoms with Crippen molar-refractivity contribution in [3.8, 4) is 0 Å². The molecule has 2 N–H and O–H groups in total. The van der Waals surface area contributed by atoms with E-state index >= 15 is 0 Å². The molecule has 1 rings (SSSR count). The van der Waals surface area contributed by atoms with E-state index in [1.165, 1.54) is 5.56 Å². The minimum atomic E-state index is 0.182. The van der Waals surface area contributed by atoms with Crippen LogP contribution in [0.15, 0.2) is 24.3 Å². The fourth-order valence-corrected chi connectivity index (χ4v) is 1.16. The van der Waals surface area contributed by atoms with Crippen LogP contribution in [0.2, 0.25) is 0 Å². The van der Waals surface area contributed by atoms with Crippen molar-refractivity contribution in [3.63, 3.8) is 0 Å². The molecule has 2 heteroatoms. The van der Waals surface area contributed by atoms with Gasteiger partial charge in [-0.1, -0.05) is 12.1 Å². The van der Waals surface area contributed by atoms with Gasteiger partial charge in [0.25, 0.3) is 0 Å². The van der Waals surface area contributed by atoms with Crippen molar-refractivity contribution in [2.24, 2.45) is 0 Å². The van der Waals surface area contributed by atoms with E-state index in [4.69, 9.17) is 0 Å². The summed E-state index contributed by atoms with van der Waals surface area (Å²) in [4.78, 5) is 0. The van der Waals surface area contributed by atoms with Crippen molar-refractivity contribution in [3.05, 3.63) is 29.8 Å². The van der Waals surface area contributed by atoms with E-state index in [9.17, 15) is 0 Å².